The van der Waals surface area contributed by atoms with Crippen LogP contribution in [0.3, 0.4) is 0 Å². The molecule has 5 aromatic rings. The molecule has 0 saturated carbocycles. The first-order valence-corrected chi connectivity index (χ1v) is 12.8. The fraction of sp³-hybridized carbons (Fsp3) is 0.0968. The van der Waals surface area contributed by atoms with Crippen LogP contribution >= 0.6 is 0 Å². The Balaban J connectivity index is 1.48. The van der Waals surface area contributed by atoms with Crippen molar-refractivity contribution in [3.8, 4) is 11.6 Å². The second-order valence-electron chi connectivity index (χ2n) is 9.49. The summed E-state index contributed by atoms with van der Waals surface area (Å²) in [6.07, 6.45) is 1.73. The molecule has 0 fully saturated rings. The van der Waals surface area contributed by atoms with Gasteiger partial charge in [0.2, 0.25) is 0 Å². The average Bonchev–Trinajstić information content (AvgIpc) is 3.33. The summed E-state index contributed by atoms with van der Waals surface area (Å²) in [5.74, 6) is 2.90. The van der Waals surface area contributed by atoms with Gasteiger partial charge in [-0.2, -0.15) is 9.78 Å². The van der Waals surface area contributed by atoms with Crippen LogP contribution in [0.15, 0.2) is 107 Å². The van der Waals surface area contributed by atoms with Crippen LogP contribution in [0.25, 0.3) is 5.82 Å². The number of aryl methyl sites for hydroxylation is 1. The highest BCUT2D eigenvalue weighted by Gasteiger charge is 2.41. The molecule has 196 valence electrons. The van der Waals surface area contributed by atoms with E-state index < -0.39 is 0 Å². The van der Waals surface area contributed by atoms with E-state index in [1.807, 2.05) is 85.8 Å². The zero-order valence-corrected chi connectivity index (χ0v) is 21.8. The normalized spacial score (nSPS) is 15.4. The quantitative estimate of drug-likeness (QED) is 0.287. The van der Waals surface area contributed by atoms with Gasteiger partial charge < -0.3 is 15.0 Å². The highest BCUT2D eigenvalue weighted by Crippen LogP contribution is 2.48. The molecule has 0 spiro atoms. The molecule has 1 atom stereocenters. The summed E-state index contributed by atoms with van der Waals surface area (Å²) < 4.78 is 21.3. The van der Waals surface area contributed by atoms with Crippen molar-refractivity contribution in [3.63, 3.8) is 0 Å². The summed E-state index contributed by atoms with van der Waals surface area (Å²) in [6.45, 7) is 1.97. The minimum atomic E-state index is -0.348. The predicted molar refractivity (Wildman–Crippen MR) is 154 cm³/mol. The number of methoxy groups -OCH3 is 1. The number of amidine groups is 2. The van der Waals surface area contributed by atoms with Crippen LogP contribution in [-0.4, -0.2) is 33.5 Å². The number of benzene rings is 3. The number of nitrogens with zero attached hydrogens (tertiary/aromatic N) is 6. The summed E-state index contributed by atoms with van der Waals surface area (Å²) in [4.78, 5) is 16.9. The van der Waals surface area contributed by atoms with Crippen molar-refractivity contribution in [1.29, 1.82) is 0 Å². The first-order chi connectivity index (χ1) is 19.6. The number of aliphatic imine (C=N–C) groups is 2. The Kier molecular flexibility index (Phi) is 5.62. The van der Waals surface area contributed by atoms with Gasteiger partial charge in [0.1, 0.15) is 11.6 Å². The van der Waals surface area contributed by atoms with Gasteiger partial charge in [-0.15, -0.1) is 0 Å². The first-order valence-electron chi connectivity index (χ1n) is 12.8. The van der Waals surface area contributed by atoms with Crippen LogP contribution in [0, 0.1) is 12.7 Å². The van der Waals surface area contributed by atoms with Gasteiger partial charge in [0.25, 0.3) is 0 Å². The lowest BCUT2D eigenvalue weighted by atomic mass is 9.93. The SMILES string of the molecule is COc1cccc(NC2=Nc3ccccc3N3C2=Nc2c(c(C)nn2-c2ccccn2)[C@H]3c2ccc(F)cc2)c1. The number of ether oxygens (including phenoxy) is 1. The molecule has 2 aliphatic heterocycles. The van der Waals surface area contributed by atoms with Crippen molar-refractivity contribution in [1.82, 2.24) is 14.8 Å². The van der Waals surface area contributed by atoms with Gasteiger partial charge in [-0.1, -0.05) is 36.4 Å². The average molecular weight is 530 g/mol. The number of para-hydroxylation sites is 2. The molecule has 7 rings (SSSR count). The second kappa shape index (κ2) is 9.46. The standard InChI is InChI=1S/C31H24FN7O/c1-19-27-28(20-13-15-21(32)16-14-20)38-25-11-4-3-10-24(25)35-29(34-22-8-7-9-23(18-22)40-2)31(38)36-30(27)39(37-19)26-12-5-6-17-33-26/h3-18,28H,1-2H3,(H,34,35)/t28-/m1/s1. The maximum Gasteiger partial charge on any atom is 0.179 e. The summed E-state index contributed by atoms with van der Waals surface area (Å²) in [6, 6.07) is 27.5. The fourth-order valence-electron chi connectivity index (χ4n) is 5.23. The van der Waals surface area contributed by atoms with Crippen LogP contribution in [0.1, 0.15) is 22.9 Å². The molecule has 1 N–H and O–H groups in total. The molecule has 9 heteroatoms. The van der Waals surface area contributed by atoms with Gasteiger partial charge >= 0.3 is 0 Å². The minimum absolute atomic E-state index is 0.296. The number of hydrogen-bond donors (Lipinski definition) is 1. The number of rotatable bonds is 4. The van der Waals surface area contributed by atoms with E-state index in [1.165, 1.54) is 12.1 Å². The highest BCUT2D eigenvalue weighted by molar-refractivity contribution is 6.51. The zero-order chi connectivity index (χ0) is 27.2. The summed E-state index contributed by atoms with van der Waals surface area (Å²) in [7, 11) is 1.64. The maximum atomic E-state index is 14.1. The van der Waals surface area contributed by atoms with Crippen LogP contribution in [0.2, 0.25) is 0 Å². The maximum absolute atomic E-state index is 14.1. The molecule has 3 aromatic carbocycles. The molecular formula is C31H24FN7O. The Hall–Kier alpha value is -5.31. The molecule has 0 radical (unpaired) electrons. The molecule has 4 heterocycles. The molecular weight excluding hydrogens is 505 g/mol. The molecule has 8 nitrogen and oxygen atoms in total. The third-order valence-electron chi connectivity index (χ3n) is 7.02. The number of aromatic nitrogens is 3. The molecule has 0 aliphatic carbocycles. The Morgan fingerprint density at radius 3 is 2.52 bits per heavy atom. The van der Waals surface area contributed by atoms with Crippen molar-refractivity contribution in [2.24, 2.45) is 9.98 Å². The number of pyridine rings is 1. The zero-order valence-electron chi connectivity index (χ0n) is 21.8. The van der Waals surface area contributed by atoms with Crippen LogP contribution in [-0.2, 0) is 0 Å². The van der Waals surface area contributed by atoms with E-state index >= 15 is 0 Å². The largest absolute Gasteiger partial charge is 0.497 e. The number of anilines is 2. The van der Waals surface area contributed by atoms with Gasteiger partial charge in [-0.05, 0) is 61.0 Å². The Morgan fingerprint density at radius 2 is 1.73 bits per heavy atom. The van der Waals surface area contributed by atoms with Crippen molar-refractivity contribution in [2.75, 3.05) is 17.3 Å². The molecule has 0 saturated heterocycles. The summed E-state index contributed by atoms with van der Waals surface area (Å²) in [5.41, 5.74) is 5.10. The molecule has 0 amide bonds. The van der Waals surface area contributed by atoms with Crippen molar-refractivity contribution < 1.29 is 9.13 Å². The number of halogens is 1. The van der Waals surface area contributed by atoms with E-state index in [0.29, 0.717) is 23.3 Å². The molecule has 2 aliphatic rings. The third-order valence-corrected chi connectivity index (χ3v) is 7.02. The molecule has 0 unspecified atom stereocenters. The van der Waals surface area contributed by atoms with E-state index in [1.54, 1.807) is 18.0 Å². The lowest BCUT2D eigenvalue weighted by molar-refractivity contribution is 0.415. The summed E-state index contributed by atoms with van der Waals surface area (Å²) in [5, 5.41) is 8.34. The number of fused-ring (bicyclic) bond motifs is 4. The predicted octanol–water partition coefficient (Wildman–Crippen LogP) is 6.52. The van der Waals surface area contributed by atoms with Gasteiger partial charge in [-0.3, -0.25) is 0 Å². The first kappa shape index (κ1) is 23.8. The van der Waals surface area contributed by atoms with Crippen molar-refractivity contribution >= 4 is 34.6 Å². The van der Waals surface area contributed by atoms with E-state index in [-0.39, 0.29) is 11.9 Å². The molecule has 0 bridgehead atoms. The van der Waals surface area contributed by atoms with E-state index in [0.717, 1.165) is 39.6 Å². The van der Waals surface area contributed by atoms with E-state index in [9.17, 15) is 4.39 Å². The Morgan fingerprint density at radius 1 is 0.900 bits per heavy atom. The number of nitrogens with one attached hydrogen (secondary N) is 1. The van der Waals surface area contributed by atoms with E-state index in [2.05, 4.69) is 15.2 Å². The van der Waals surface area contributed by atoms with Crippen LogP contribution in [0.5, 0.6) is 5.75 Å². The fourth-order valence-corrected chi connectivity index (χ4v) is 5.23. The molecule has 2 aromatic heterocycles. The van der Waals surface area contributed by atoms with Crippen molar-refractivity contribution in [3.05, 3.63) is 120 Å². The van der Waals surface area contributed by atoms with Gasteiger partial charge in [-0.25, -0.2) is 19.4 Å². The van der Waals surface area contributed by atoms with Crippen LogP contribution in [0.4, 0.5) is 27.3 Å². The van der Waals surface area contributed by atoms with Gasteiger partial charge in [0, 0.05) is 23.5 Å². The monoisotopic (exact) mass is 529 g/mol. The minimum Gasteiger partial charge on any atom is -0.497 e. The topological polar surface area (TPSA) is 79.9 Å². The molecule has 40 heavy (non-hydrogen) atoms. The summed E-state index contributed by atoms with van der Waals surface area (Å²) >= 11 is 0. The second-order valence-corrected chi connectivity index (χ2v) is 9.49. The number of hydrogen-bond acceptors (Lipinski definition) is 7. The van der Waals surface area contributed by atoms with Gasteiger partial charge in [0.05, 0.1) is 30.2 Å². The Labute approximate surface area is 230 Å². The smallest absolute Gasteiger partial charge is 0.179 e. The van der Waals surface area contributed by atoms with Crippen molar-refractivity contribution in [2.45, 2.75) is 13.0 Å². The highest BCUT2D eigenvalue weighted by atomic mass is 19.1. The Bertz CT molecular complexity index is 1790. The lowest BCUT2D eigenvalue weighted by Crippen LogP contribution is -2.46. The van der Waals surface area contributed by atoms with E-state index in [4.69, 9.17) is 19.8 Å². The van der Waals surface area contributed by atoms with Gasteiger partial charge in [0.15, 0.2) is 23.3 Å². The van der Waals surface area contributed by atoms with Crippen LogP contribution < -0.4 is 15.0 Å². The lowest BCUT2D eigenvalue weighted by Gasteiger charge is -2.40. The third kappa shape index (κ3) is 3.90.